The van der Waals surface area contributed by atoms with Crippen molar-refractivity contribution in [3.8, 4) is 5.75 Å². The number of aliphatic hydroxyl groups is 1. The Morgan fingerprint density at radius 2 is 1.90 bits per heavy atom. The van der Waals surface area contributed by atoms with Crippen molar-refractivity contribution in [2.45, 2.75) is 58.1 Å². The van der Waals surface area contributed by atoms with Gasteiger partial charge < -0.3 is 9.84 Å². The Bertz CT molecular complexity index is 464. The molecule has 1 fully saturated rings. The van der Waals surface area contributed by atoms with Crippen LogP contribution < -0.4 is 4.74 Å². The lowest BCUT2D eigenvalue weighted by atomic mass is 9.88. The highest BCUT2D eigenvalue weighted by atomic mass is 16.5. The first kappa shape index (κ1) is 16.3. The zero-order valence-corrected chi connectivity index (χ0v) is 13.9. The minimum atomic E-state index is -0.397. The molecule has 1 unspecified atom stereocenters. The maximum absolute atomic E-state index is 10.8. The monoisotopic (exact) mass is 291 g/mol. The molecule has 2 rings (SSSR count). The van der Waals surface area contributed by atoms with Gasteiger partial charge in [-0.15, -0.1) is 0 Å². The van der Waals surface area contributed by atoms with Crippen LogP contribution in [0.5, 0.6) is 5.75 Å². The molecule has 3 nitrogen and oxygen atoms in total. The topological polar surface area (TPSA) is 32.7 Å². The molecule has 1 aliphatic rings. The van der Waals surface area contributed by atoms with Crippen LogP contribution in [0.3, 0.4) is 0 Å². The Hall–Kier alpha value is -1.06. The van der Waals surface area contributed by atoms with E-state index in [0.29, 0.717) is 6.42 Å². The fourth-order valence-electron chi connectivity index (χ4n) is 3.21. The van der Waals surface area contributed by atoms with Crippen LogP contribution in [0.4, 0.5) is 0 Å². The molecule has 0 radical (unpaired) electrons. The van der Waals surface area contributed by atoms with E-state index in [1.807, 2.05) is 12.1 Å². The zero-order valence-electron chi connectivity index (χ0n) is 13.9. The first-order chi connectivity index (χ1) is 9.95. The molecule has 0 aliphatic carbocycles. The Morgan fingerprint density at radius 1 is 1.24 bits per heavy atom. The summed E-state index contributed by atoms with van der Waals surface area (Å²) in [4.78, 5) is 2.43. The summed E-state index contributed by atoms with van der Waals surface area (Å²) in [6.07, 6.45) is 4.03. The molecule has 0 amide bonds. The van der Waals surface area contributed by atoms with Gasteiger partial charge in [0.15, 0.2) is 0 Å². The van der Waals surface area contributed by atoms with Crippen LogP contribution >= 0.6 is 0 Å². The standard InChI is InChI=1S/C18H29NO2/c1-14-8-9-16(21-4)15(12-14)13-17(20)18(2,3)19-10-6-5-7-11-19/h8-9,12,17,20H,5-7,10-11,13H2,1-4H3. The molecule has 1 heterocycles. The minimum Gasteiger partial charge on any atom is -0.496 e. The van der Waals surface area contributed by atoms with E-state index < -0.39 is 6.10 Å². The van der Waals surface area contributed by atoms with E-state index in [4.69, 9.17) is 4.74 Å². The maximum Gasteiger partial charge on any atom is 0.122 e. The predicted molar refractivity (Wildman–Crippen MR) is 86.9 cm³/mol. The highest BCUT2D eigenvalue weighted by Crippen LogP contribution is 2.28. The van der Waals surface area contributed by atoms with Crippen molar-refractivity contribution < 1.29 is 9.84 Å². The molecular formula is C18H29NO2. The quantitative estimate of drug-likeness (QED) is 0.904. The van der Waals surface area contributed by atoms with E-state index in [-0.39, 0.29) is 5.54 Å². The number of hydrogen-bond donors (Lipinski definition) is 1. The second kappa shape index (κ2) is 6.80. The lowest BCUT2D eigenvalue weighted by Gasteiger charge is -2.44. The van der Waals surface area contributed by atoms with Gasteiger partial charge in [0.05, 0.1) is 13.2 Å². The number of piperidine rings is 1. The highest BCUT2D eigenvalue weighted by Gasteiger charge is 2.35. The minimum absolute atomic E-state index is 0.199. The van der Waals surface area contributed by atoms with Crippen LogP contribution in [0.1, 0.15) is 44.2 Å². The second-order valence-electron chi connectivity index (χ2n) is 6.74. The first-order valence-corrected chi connectivity index (χ1v) is 8.02. The molecule has 1 aromatic carbocycles. The molecule has 1 N–H and O–H groups in total. The molecule has 3 heteroatoms. The van der Waals surface area contributed by atoms with Crippen molar-refractivity contribution in [1.29, 1.82) is 0 Å². The fraction of sp³-hybridized carbons (Fsp3) is 0.667. The number of likely N-dealkylation sites (tertiary alicyclic amines) is 1. The lowest BCUT2D eigenvalue weighted by Crippen LogP contribution is -2.54. The Kier molecular flexibility index (Phi) is 5.28. The molecule has 1 saturated heterocycles. The number of ether oxygens (including phenoxy) is 1. The number of methoxy groups -OCH3 is 1. The van der Waals surface area contributed by atoms with Gasteiger partial charge in [-0.3, -0.25) is 4.90 Å². The molecule has 1 atom stereocenters. The van der Waals surface area contributed by atoms with Crippen LogP contribution in [-0.2, 0) is 6.42 Å². The van der Waals surface area contributed by atoms with Gasteiger partial charge in [0.1, 0.15) is 5.75 Å². The number of nitrogens with zero attached hydrogens (tertiary/aromatic N) is 1. The van der Waals surface area contributed by atoms with Crippen molar-refractivity contribution in [2.75, 3.05) is 20.2 Å². The Balaban J connectivity index is 2.12. The summed E-state index contributed by atoms with van der Waals surface area (Å²) >= 11 is 0. The van der Waals surface area contributed by atoms with E-state index in [1.165, 1.54) is 24.8 Å². The van der Waals surface area contributed by atoms with Gasteiger partial charge in [0.2, 0.25) is 0 Å². The van der Waals surface area contributed by atoms with Crippen LogP contribution in [0, 0.1) is 6.92 Å². The van der Waals surface area contributed by atoms with Gasteiger partial charge in [-0.05, 0) is 58.3 Å². The Labute approximate surface area is 128 Å². The fourth-order valence-corrected chi connectivity index (χ4v) is 3.21. The molecule has 1 aromatic rings. The second-order valence-corrected chi connectivity index (χ2v) is 6.74. The number of benzene rings is 1. The third kappa shape index (κ3) is 3.78. The number of aliphatic hydroxyl groups excluding tert-OH is 1. The normalized spacial score (nSPS) is 18.5. The molecule has 21 heavy (non-hydrogen) atoms. The molecule has 0 saturated carbocycles. The summed E-state index contributed by atoms with van der Waals surface area (Å²) in [5.41, 5.74) is 2.10. The van der Waals surface area contributed by atoms with E-state index in [9.17, 15) is 5.11 Å². The summed E-state index contributed by atoms with van der Waals surface area (Å²) in [6.45, 7) is 8.58. The van der Waals surface area contributed by atoms with E-state index >= 15 is 0 Å². The third-order valence-electron chi connectivity index (χ3n) is 4.84. The van der Waals surface area contributed by atoms with Crippen LogP contribution in [0.15, 0.2) is 18.2 Å². The lowest BCUT2D eigenvalue weighted by molar-refractivity contribution is -0.0189. The van der Waals surface area contributed by atoms with Crippen LogP contribution in [0.25, 0.3) is 0 Å². The van der Waals surface area contributed by atoms with Crippen molar-refractivity contribution in [3.63, 3.8) is 0 Å². The van der Waals surface area contributed by atoms with Gasteiger partial charge in [-0.2, -0.15) is 0 Å². The van der Waals surface area contributed by atoms with Gasteiger partial charge >= 0.3 is 0 Å². The van der Waals surface area contributed by atoms with Crippen LogP contribution in [-0.4, -0.2) is 41.8 Å². The van der Waals surface area contributed by atoms with E-state index in [2.05, 4.69) is 31.7 Å². The van der Waals surface area contributed by atoms with Crippen molar-refractivity contribution in [3.05, 3.63) is 29.3 Å². The third-order valence-corrected chi connectivity index (χ3v) is 4.84. The van der Waals surface area contributed by atoms with Gasteiger partial charge in [-0.25, -0.2) is 0 Å². The van der Waals surface area contributed by atoms with Crippen molar-refractivity contribution >= 4 is 0 Å². The number of rotatable bonds is 5. The summed E-state index contributed by atoms with van der Waals surface area (Å²) in [5, 5.41) is 10.8. The van der Waals surface area contributed by atoms with Crippen molar-refractivity contribution in [2.24, 2.45) is 0 Å². The average molecular weight is 291 g/mol. The van der Waals surface area contributed by atoms with Gasteiger partial charge in [0, 0.05) is 12.0 Å². The molecule has 1 aliphatic heterocycles. The van der Waals surface area contributed by atoms with Gasteiger partial charge in [0.25, 0.3) is 0 Å². The highest BCUT2D eigenvalue weighted by molar-refractivity contribution is 5.37. The van der Waals surface area contributed by atoms with Crippen molar-refractivity contribution in [1.82, 2.24) is 4.90 Å². The smallest absolute Gasteiger partial charge is 0.122 e. The van der Waals surface area contributed by atoms with E-state index in [1.54, 1.807) is 7.11 Å². The summed E-state index contributed by atoms with van der Waals surface area (Å²) in [6, 6.07) is 6.16. The predicted octanol–water partition coefficient (Wildman–Crippen LogP) is 3.17. The van der Waals surface area contributed by atoms with E-state index in [0.717, 1.165) is 24.4 Å². The molecule has 118 valence electrons. The molecule has 0 bridgehead atoms. The zero-order chi connectivity index (χ0) is 15.5. The average Bonchev–Trinajstić information content (AvgIpc) is 2.48. The Morgan fingerprint density at radius 3 is 2.52 bits per heavy atom. The van der Waals surface area contributed by atoms with Crippen LogP contribution in [0.2, 0.25) is 0 Å². The summed E-state index contributed by atoms with van der Waals surface area (Å²) < 4.78 is 5.43. The SMILES string of the molecule is COc1ccc(C)cc1CC(O)C(C)(C)N1CCCCC1. The number of aryl methyl sites for hydroxylation is 1. The summed E-state index contributed by atoms with van der Waals surface area (Å²) in [5.74, 6) is 0.870. The maximum atomic E-state index is 10.8. The van der Waals surface area contributed by atoms with Gasteiger partial charge in [-0.1, -0.05) is 24.1 Å². The molecule has 0 aromatic heterocycles. The molecule has 0 spiro atoms. The first-order valence-electron chi connectivity index (χ1n) is 8.02. The largest absolute Gasteiger partial charge is 0.496 e. The molecular weight excluding hydrogens is 262 g/mol. The number of hydrogen-bond acceptors (Lipinski definition) is 3. The summed E-state index contributed by atoms with van der Waals surface area (Å²) in [7, 11) is 1.69.